The predicted octanol–water partition coefficient (Wildman–Crippen LogP) is 6.14. The standard InChI is InChI=1S/C37H37F4N5O4/c38-27-6-1-18-11-24(47)12-25(29(18)31(27)40)30-28(39)13-26-33(32(30)41)43-36(44-34(26)45-14-20-2-3-21(15-45)42-20)50-17-37(7-8-37)16-46-22-4-5-23(46)10-19(9-22)35(48)49/h1,6,11-13,19-23,42,47H,2-5,7-10,14-17H2,(H,48,49). The highest BCUT2D eigenvalue weighted by Crippen LogP contribution is 2.50. The number of aromatic nitrogens is 2. The van der Waals surface area contributed by atoms with E-state index in [1.807, 2.05) is 4.90 Å². The van der Waals surface area contributed by atoms with Crippen LogP contribution in [0.2, 0.25) is 0 Å². The Kier molecular flexibility index (Phi) is 7.40. The highest BCUT2D eigenvalue weighted by Gasteiger charge is 2.51. The number of anilines is 1. The second kappa shape index (κ2) is 11.7. The first-order valence-corrected chi connectivity index (χ1v) is 17.5. The van der Waals surface area contributed by atoms with Gasteiger partial charge in [0.25, 0.3) is 0 Å². The van der Waals surface area contributed by atoms with Gasteiger partial charge in [-0.25, -0.2) is 17.6 Å². The van der Waals surface area contributed by atoms with Gasteiger partial charge >= 0.3 is 12.0 Å². The zero-order valence-electron chi connectivity index (χ0n) is 27.3. The van der Waals surface area contributed by atoms with E-state index in [-0.39, 0.29) is 81.1 Å². The molecule has 4 aliphatic heterocycles. The molecule has 4 bridgehead atoms. The number of rotatable bonds is 8. The number of piperidine rings is 1. The Bertz CT molecular complexity index is 2030. The van der Waals surface area contributed by atoms with Crippen LogP contribution in [0.5, 0.6) is 11.8 Å². The van der Waals surface area contributed by atoms with E-state index in [1.165, 1.54) is 12.1 Å². The van der Waals surface area contributed by atoms with Crippen LogP contribution in [0.4, 0.5) is 23.4 Å². The maximum Gasteiger partial charge on any atom is 0.319 e. The lowest BCUT2D eigenvalue weighted by atomic mass is 9.89. The highest BCUT2D eigenvalue weighted by atomic mass is 19.2. The van der Waals surface area contributed by atoms with Gasteiger partial charge in [0, 0.05) is 65.6 Å². The SMILES string of the molecule is O=C(O)C1CC2CCC(C1)N2CC1(COc2nc(N3CC4CCC(C3)N4)c3cc(F)c(-c4cc(O)cc5ccc(F)c(F)c45)c(F)c3n2)CC1. The Morgan fingerprint density at radius 3 is 2.34 bits per heavy atom. The lowest BCUT2D eigenvalue weighted by molar-refractivity contribution is -0.144. The van der Waals surface area contributed by atoms with Crippen LogP contribution in [-0.2, 0) is 4.79 Å². The van der Waals surface area contributed by atoms with Crippen molar-refractivity contribution in [3.8, 4) is 22.9 Å². The monoisotopic (exact) mass is 691 g/mol. The summed E-state index contributed by atoms with van der Waals surface area (Å²) in [6.45, 7) is 2.20. The van der Waals surface area contributed by atoms with E-state index in [2.05, 4.69) is 15.2 Å². The molecule has 5 fully saturated rings. The van der Waals surface area contributed by atoms with Crippen LogP contribution in [0.15, 0.2) is 30.3 Å². The minimum absolute atomic E-state index is 0.0633. The van der Waals surface area contributed by atoms with Gasteiger partial charge in [0.05, 0.1) is 18.1 Å². The van der Waals surface area contributed by atoms with Gasteiger partial charge in [0.15, 0.2) is 17.5 Å². The summed E-state index contributed by atoms with van der Waals surface area (Å²) in [6.07, 6.45) is 7.05. The minimum Gasteiger partial charge on any atom is -0.508 e. The first-order chi connectivity index (χ1) is 24.1. The molecule has 0 radical (unpaired) electrons. The average molecular weight is 692 g/mol. The Labute approximate surface area is 285 Å². The van der Waals surface area contributed by atoms with Crippen molar-refractivity contribution in [3.05, 3.63) is 53.6 Å². The maximum atomic E-state index is 16.8. The number of halogens is 4. The molecular formula is C37H37F4N5O4. The van der Waals surface area contributed by atoms with E-state index in [9.17, 15) is 19.4 Å². The average Bonchev–Trinajstić information content (AvgIpc) is 3.72. The maximum absolute atomic E-state index is 16.8. The number of carbonyl (C=O) groups is 1. The van der Waals surface area contributed by atoms with Crippen molar-refractivity contribution >= 4 is 33.5 Å². The molecule has 9 rings (SSSR count). The summed E-state index contributed by atoms with van der Waals surface area (Å²) < 4.78 is 68.9. The number of carboxylic acid groups (broad SMARTS) is 1. The van der Waals surface area contributed by atoms with Gasteiger partial charge in [-0.1, -0.05) is 6.07 Å². The van der Waals surface area contributed by atoms with Gasteiger partial charge < -0.3 is 25.2 Å². The van der Waals surface area contributed by atoms with Crippen molar-refractivity contribution in [1.82, 2.24) is 20.2 Å². The van der Waals surface area contributed by atoms with Crippen molar-refractivity contribution in [2.75, 3.05) is 31.1 Å². The summed E-state index contributed by atoms with van der Waals surface area (Å²) >= 11 is 0. The summed E-state index contributed by atoms with van der Waals surface area (Å²) in [5.74, 6) is -5.65. The van der Waals surface area contributed by atoms with E-state index in [1.54, 1.807) is 0 Å². The molecule has 9 nitrogen and oxygen atoms in total. The Balaban J connectivity index is 1.09. The van der Waals surface area contributed by atoms with E-state index in [0.717, 1.165) is 63.3 Å². The fourth-order valence-corrected chi connectivity index (χ4v) is 9.12. The van der Waals surface area contributed by atoms with Gasteiger partial charge in [-0.2, -0.15) is 9.97 Å². The molecule has 1 saturated carbocycles. The summed E-state index contributed by atoms with van der Waals surface area (Å²) in [5.41, 5.74) is -1.37. The number of carboxylic acids is 1. The Morgan fingerprint density at radius 1 is 0.940 bits per heavy atom. The van der Waals surface area contributed by atoms with Crippen LogP contribution < -0.4 is 15.0 Å². The predicted molar refractivity (Wildman–Crippen MR) is 177 cm³/mol. The van der Waals surface area contributed by atoms with Crippen molar-refractivity contribution in [2.24, 2.45) is 11.3 Å². The number of aliphatic carboxylic acids is 1. The van der Waals surface area contributed by atoms with Crippen LogP contribution in [0, 0.1) is 34.6 Å². The van der Waals surface area contributed by atoms with Crippen LogP contribution in [0.1, 0.15) is 51.4 Å². The smallest absolute Gasteiger partial charge is 0.319 e. The molecule has 50 heavy (non-hydrogen) atoms. The van der Waals surface area contributed by atoms with E-state index < -0.39 is 34.8 Å². The quantitative estimate of drug-likeness (QED) is 0.188. The highest BCUT2D eigenvalue weighted by molar-refractivity contribution is 6.02. The van der Waals surface area contributed by atoms with Crippen molar-refractivity contribution < 1.29 is 37.3 Å². The van der Waals surface area contributed by atoms with Crippen molar-refractivity contribution in [3.63, 3.8) is 0 Å². The molecule has 13 heteroatoms. The summed E-state index contributed by atoms with van der Waals surface area (Å²) in [4.78, 5) is 25.4. The molecule has 4 atom stereocenters. The number of phenols is 1. The Morgan fingerprint density at radius 2 is 1.66 bits per heavy atom. The van der Waals surface area contributed by atoms with Crippen LogP contribution >= 0.6 is 0 Å². The zero-order valence-corrected chi connectivity index (χ0v) is 27.3. The van der Waals surface area contributed by atoms with Crippen LogP contribution in [-0.4, -0.2) is 81.5 Å². The number of piperazine rings is 1. The first-order valence-electron chi connectivity index (χ1n) is 17.5. The third-order valence-corrected chi connectivity index (χ3v) is 11.8. The third-order valence-electron chi connectivity index (χ3n) is 11.8. The lowest BCUT2D eigenvalue weighted by Gasteiger charge is -2.39. The molecule has 0 amide bonds. The molecular weight excluding hydrogens is 654 g/mol. The molecule has 4 unspecified atom stereocenters. The minimum atomic E-state index is -1.28. The normalized spacial score (nSPS) is 27.0. The molecule has 4 aromatic rings. The number of hydrogen-bond acceptors (Lipinski definition) is 8. The summed E-state index contributed by atoms with van der Waals surface area (Å²) in [6, 6.07) is 6.29. The Hall–Kier alpha value is -4.23. The van der Waals surface area contributed by atoms with Gasteiger partial charge in [-0.05, 0) is 81.0 Å². The fourth-order valence-electron chi connectivity index (χ4n) is 9.12. The number of fused-ring (bicyclic) bond motifs is 6. The first kappa shape index (κ1) is 31.7. The summed E-state index contributed by atoms with van der Waals surface area (Å²) in [5, 5.41) is 23.5. The van der Waals surface area contributed by atoms with E-state index >= 15 is 13.2 Å². The number of ether oxygens (including phenoxy) is 1. The molecule has 1 aliphatic carbocycles. The third kappa shape index (κ3) is 5.31. The summed E-state index contributed by atoms with van der Waals surface area (Å²) in [7, 11) is 0. The zero-order chi connectivity index (χ0) is 34.5. The van der Waals surface area contributed by atoms with Gasteiger partial charge in [-0.15, -0.1) is 0 Å². The van der Waals surface area contributed by atoms with Gasteiger partial charge in [-0.3, -0.25) is 9.69 Å². The second-order valence-electron chi connectivity index (χ2n) is 15.1. The molecule has 0 spiro atoms. The van der Waals surface area contributed by atoms with E-state index in [4.69, 9.17) is 9.72 Å². The number of nitrogens with one attached hydrogen (secondary N) is 1. The number of hydrogen-bond donors (Lipinski definition) is 3. The van der Waals surface area contributed by atoms with Gasteiger partial charge in [0.1, 0.15) is 22.9 Å². The number of benzene rings is 3. The number of nitrogens with zero attached hydrogens (tertiary/aromatic N) is 4. The molecule has 262 valence electrons. The number of aromatic hydroxyl groups is 1. The molecule has 5 aliphatic rings. The lowest BCUT2D eigenvalue weighted by Crippen LogP contribution is -2.51. The largest absolute Gasteiger partial charge is 0.508 e. The van der Waals surface area contributed by atoms with Crippen molar-refractivity contribution in [2.45, 2.75) is 75.5 Å². The number of phenolic OH excluding ortho intramolecular Hbond substituents is 1. The topological polar surface area (TPSA) is 111 Å². The molecule has 3 aromatic carbocycles. The fraction of sp³-hybridized carbons (Fsp3) is 0.486. The molecule has 3 N–H and O–H groups in total. The van der Waals surface area contributed by atoms with E-state index in [0.29, 0.717) is 31.7 Å². The molecule has 5 heterocycles. The van der Waals surface area contributed by atoms with Crippen molar-refractivity contribution in [1.29, 1.82) is 0 Å². The van der Waals surface area contributed by atoms with Crippen LogP contribution in [0.3, 0.4) is 0 Å². The van der Waals surface area contributed by atoms with Gasteiger partial charge in [0.2, 0.25) is 0 Å². The second-order valence-corrected chi connectivity index (χ2v) is 15.1. The molecule has 1 aromatic heterocycles. The van der Waals surface area contributed by atoms with Crippen LogP contribution in [0.25, 0.3) is 32.8 Å². The molecule has 4 saturated heterocycles.